The van der Waals surface area contributed by atoms with Crippen molar-refractivity contribution in [1.82, 2.24) is 9.55 Å². The summed E-state index contributed by atoms with van der Waals surface area (Å²) in [6.45, 7) is 0. The number of hydrogen-bond donors (Lipinski definition) is 1. The van der Waals surface area contributed by atoms with Gasteiger partial charge in [-0.25, -0.2) is 4.98 Å². The molecule has 0 saturated carbocycles. The Morgan fingerprint density at radius 3 is 2.64 bits per heavy atom. The van der Waals surface area contributed by atoms with E-state index in [4.69, 9.17) is 0 Å². The molecule has 4 nitrogen and oxygen atoms in total. The molecule has 1 N–H and O–H groups in total. The number of thiophene rings is 1. The summed E-state index contributed by atoms with van der Waals surface area (Å²) in [4.78, 5) is 18.8. The second kappa shape index (κ2) is 6.46. The number of rotatable bonds is 3. The molecular weight excluding hydrogens is 398 g/mol. The average Bonchev–Trinajstić information content (AvgIpc) is 3.22. The number of carbonyl (C=O) groups excluding carboxylic acids is 1. The summed E-state index contributed by atoms with van der Waals surface area (Å²) in [5.74, 6) is 0.744. The monoisotopic (exact) mass is 411 g/mol. The number of carbonyl (C=O) groups is 1. The molecule has 2 aromatic heterocycles. The number of anilines is 1. The summed E-state index contributed by atoms with van der Waals surface area (Å²) >= 11 is 4.88. The maximum Gasteiger partial charge on any atom is 0.265 e. The molecule has 6 heteroatoms. The second-order valence-electron chi connectivity index (χ2n) is 5.58. The lowest BCUT2D eigenvalue weighted by Gasteiger charge is -2.05. The van der Waals surface area contributed by atoms with Gasteiger partial charge >= 0.3 is 0 Å². The first-order valence-electron chi connectivity index (χ1n) is 7.71. The molecule has 0 spiro atoms. The minimum absolute atomic E-state index is 0.123. The number of benzene rings is 2. The molecule has 124 valence electrons. The highest BCUT2D eigenvalue weighted by Gasteiger charge is 2.15. The van der Waals surface area contributed by atoms with Crippen LogP contribution in [0.4, 0.5) is 5.69 Å². The summed E-state index contributed by atoms with van der Waals surface area (Å²) in [7, 11) is 1.99. The minimum atomic E-state index is -0.123. The van der Waals surface area contributed by atoms with Gasteiger partial charge in [0.2, 0.25) is 0 Å². The highest BCUT2D eigenvalue weighted by atomic mass is 79.9. The predicted molar refractivity (Wildman–Crippen MR) is 106 cm³/mol. The van der Waals surface area contributed by atoms with Crippen LogP contribution in [0.5, 0.6) is 0 Å². The molecule has 0 aliphatic rings. The van der Waals surface area contributed by atoms with E-state index in [0.29, 0.717) is 4.88 Å². The lowest BCUT2D eigenvalue weighted by Crippen LogP contribution is -2.10. The van der Waals surface area contributed by atoms with Gasteiger partial charge in [-0.1, -0.05) is 24.3 Å². The summed E-state index contributed by atoms with van der Waals surface area (Å²) in [5.41, 5.74) is 2.78. The van der Waals surface area contributed by atoms with Gasteiger partial charge in [0.25, 0.3) is 5.91 Å². The molecule has 4 aromatic rings. The van der Waals surface area contributed by atoms with Gasteiger partial charge in [-0.05, 0) is 52.3 Å². The van der Waals surface area contributed by atoms with Crippen LogP contribution in [0.15, 0.2) is 65.1 Å². The molecule has 0 unspecified atom stereocenters. The first-order chi connectivity index (χ1) is 12.1. The Balaban J connectivity index is 1.64. The zero-order valence-corrected chi connectivity index (χ0v) is 15.8. The van der Waals surface area contributed by atoms with Crippen molar-refractivity contribution in [3.8, 4) is 10.7 Å². The average molecular weight is 412 g/mol. The van der Waals surface area contributed by atoms with E-state index in [1.54, 1.807) is 0 Å². The van der Waals surface area contributed by atoms with Crippen LogP contribution in [0, 0.1) is 0 Å². The van der Waals surface area contributed by atoms with Gasteiger partial charge in [0.15, 0.2) is 5.82 Å². The number of nitrogens with one attached hydrogen (secondary N) is 1. The molecule has 0 fully saturated rings. The SMILES string of the molecule is Cn1c(-c2ccc(C(=O)Nc3ccccc3Br)s2)nc2ccccc21. The molecule has 0 bridgehead atoms. The molecule has 0 aliphatic heterocycles. The van der Waals surface area contributed by atoms with Crippen LogP contribution in [0.2, 0.25) is 0 Å². The Morgan fingerprint density at radius 1 is 1.08 bits per heavy atom. The fourth-order valence-corrected chi connectivity index (χ4v) is 4.00. The van der Waals surface area contributed by atoms with Crippen molar-refractivity contribution in [3.63, 3.8) is 0 Å². The molecule has 0 saturated heterocycles. The number of imidazole rings is 1. The quantitative estimate of drug-likeness (QED) is 0.495. The fourth-order valence-electron chi connectivity index (χ4n) is 2.69. The van der Waals surface area contributed by atoms with Crippen LogP contribution in [0.1, 0.15) is 9.67 Å². The molecule has 0 aliphatic carbocycles. The molecule has 25 heavy (non-hydrogen) atoms. The third-order valence-corrected chi connectivity index (χ3v) is 5.73. The van der Waals surface area contributed by atoms with Gasteiger partial charge in [0.05, 0.1) is 26.5 Å². The molecule has 4 rings (SSSR count). The Bertz CT molecular complexity index is 1080. The summed E-state index contributed by atoms with van der Waals surface area (Å²) in [5, 5.41) is 2.93. The zero-order valence-electron chi connectivity index (χ0n) is 13.4. The van der Waals surface area contributed by atoms with Crippen LogP contribution in [-0.4, -0.2) is 15.5 Å². The van der Waals surface area contributed by atoms with Crippen molar-refractivity contribution in [2.24, 2.45) is 7.05 Å². The van der Waals surface area contributed by atoms with Gasteiger partial charge in [-0.15, -0.1) is 11.3 Å². The van der Waals surface area contributed by atoms with Crippen molar-refractivity contribution >= 4 is 49.9 Å². The lowest BCUT2D eigenvalue weighted by molar-refractivity contribution is 0.103. The molecular formula is C19H14BrN3OS. The Labute approximate surface area is 157 Å². The van der Waals surface area contributed by atoms with E-state index in [1.165, 1.54) is 11.3 Å². The van der Waals surface area contributed by atoms with Crippen molar-refractivity contribution in [2.45, 2.75) is 0 Å². The summed E-state index contributed by atoms with van der Waals surface area (Å²) < 4.78 is 2.91. The van der Waals surface area contributed by atoms with Crippen LogP contribution in [0.25, 0.3) is 21.7 Å². The maximum atomic E-state index is 12.5. The van der Waals surface area contributed by atoms with Crippen molar-refractivity contribution in [1.29, 1.82) is 0 Å². The summed E-state index contributed by atoms with van der Waals surface area (Å²) in [6, 6.07) is 19.4. The topological polar surface area (TPSA) is 46.9 Å². The maximum absolute atomic E-state index is 12.5. The van der Waals surface area contributed by atoms with E-state index < -0.39 is 0 Å². The third kappa shape index (κ3) is 2.99. The van der Waals surface area contributed by atoms with Crippen LogP contribution >= 0.6 is 27.3 Å². The highest BCUT2D eigenvalue weighted by molar-refractivity contribution is 9.10. The molecule has 0 atom stereocenters. The third-order valence-electron chi connectivity index (χ3n) is 3.96. The summed E-state index contributed by atoms with van der Waals surface area (Å²) in [6.07, 6.45) is 0. The van der Waals surface area contributed by atoms with E-state index in [0.717, 1.165) is 31.9 Å². The van der Waals surface area contributed by atoms with E-state index in [1.807, 2.05) is 67.7 Å². The van der Waals surface area contributed by atoms with Crippen LogP contribution < -0.4 is 5.32 Å². The second-order valence-corrected chi connectivity index (χ2v) is 7.52. The Morgan fingerprint density at radius 2 is 1.84 bits per heavy atom. The standard InChI is InChI=1S/C19H14BrN3OS/c1-23-15-9-5-4-8-14(15)21-18(23)16-10-11-17(25-16)19(24)22-13-7-3-2-6-12(13)20/h2-11H,1H3,(H,22,24). The number of halogens is 1. The van der Waals surface area contributed by atoms with Crippen LogP contribution in [0.3, 0.4) is 0 Å². The number of nitrogens with zero attached hydrogens (tertiary/aromatic N) is 2. The number of fused-ring (bicyclic) bond motifs is 1. The number of amides is 1. The fraction of sp³-hybridized carbons (Fsp3) is 0.0526. The number of aryl methyl sites for hydroxylation is 1. The first-order valence-corrected chi connectivity index (χ1v) is 9.32. The van der Waals surface area contributed by atoms with Gasteiger partial charge in [0.1, 0.15) is 0 Å². The van der Waals surface area contributed by atoms with Gasteiger partial charge in [-0.2, -0.15) is 0 Å². The van der Waals surface area contributed by atoms with E-state index in [2.05, 4.69) is 30.8 Å². The predicted octanol–water partition coefficient (Wildman–Crippen LogP) is 5.32. The van der Waals surface area contributed by atoms with Gasteiger partial charge < -0.3 is 9.88 Å². The van der Waals surface area contributed by atoms with E-state index in [9.17, 15) is 4.79 Å². The smallest absolute Gasteiger partial charge is 0.265 e. The van der Waals surface area contributed by atoms with Crippen molar-refractivity contribution < 1.29 is 4.79 Å². The largest absolute Gasteiger partial charge is 0.326 e. The Hall–Kier alpha value is -2.44. The number of para-hydroxylation sites is 3. The minimum Gasteiger partial charge on any atom is -0.326 e. The first kappa shape index (κ1) is 16.1. The van der Waals surface area contributed by atoms with Crippen molar-refractivity contribution in [3.05, 3.63) is 70.0 Å². The van der Waals surface area contributed by atoms with E-state index in [-0.39, 0.29) is 5.91 Å². The Kier molecular flexibility index (Phi) is 4.15. The number of aromatic nitrogens is 2. The van der Waals surface area contributed by atoms with Gasteiger partial charge in [-0.3, -0.25) is 4.79 Å². The zero-order chi connectivity index (χ0) is 17.4. The van der Waals surface area contributed by atoms with Crippen molar-refractivity contribution in [2.75, 3.05) is 5.32 Å². The molecule has 2 heterocycles. The van der Waals surface area contributed by atoms with Gasteiger partial charge in [0, 0.05) is 11.5 Å². The normalized spacial score (nSPS) is 11.0. The van der Waals surface area contributed by atoms with Crippen LogP contribution in [-0.2, 0) is 7.05 Å². The molecule has 1 amide bonds. The number of hydrogen-bond acceptors (Lipinski definition) is 3. The molecule has 2 aromatic carbocycles. The van der Waals surface area contributed by atoms with E-state index >= 15 is 0 Å². The highest BCUT2D eigenvalue weighted by Crippen LogP contribution is 2.30. The lowest BCUT2D eigenvalue weighted by atomic mass is 10.3. The molecule has 0 radical (unpaired) electrons.